The highest BCUT2D eigenvalue weighted by Crippen LogP contribution is 2.27. The van der Waals surface area contributed by atoms with Crippen LogP contribution in [0.4, 0.5) is 0 Å². The van der Waals surface area contributed by atoms with Crippen molar-refractivity contribution < 1.29 is 16.8 Å². The first kappa shape index (κ1) is 21.5. The number of imidazole rings is 1. The molecule has 2 heterocycles. The van der Waals surface area contributed by atoms with E-state index in [0.717, 1.165) is 31.2 Å². The van der Waals surface area contributed by atoms with Gasteiger partial charge in [-0.2, -0.15) is 8.61 Å². The maximum Gasteiger partial charge on any atom is 0.262 e. The van der Waals surface area contributed by atoms with E-state index in [1.54, 1.807) is 30.7 Å². The van der Waals surface area contributed by atoms with E-state index in [2.05, 4.69) is 4.98 Å². The molecule has 0 spiro atoms. The van der Waals surface area contributed by atoms with Gasteiger partial charge in [0.25, 0.3) is 10.0 Å². The summed E-state index contributed by atoms with van der Waals surface area (Å²) in [6.07, 6.45) is 6.07. The van der Waals surface area contributed by atoms with Gasteiger partial charge in [-0.25, -0.2) is 21.8 Å². The first-order valence-electron chi connectivity index (χ1n) is 10.3. The van der Waals surface area contributed by atoms with Crippen molar-refractivity contribution in [3.8, 4) is 0 Å². The number of nitrogens with zero attached hydrogens (tertiary/aromatic N) is 4. The van der Waals surface area contributed by atoms with E-state index in [1.807, 2.05) is 6.07 Å². The van der Waals surface area contributed by atoms with E-state index in [4.69, 9.17) is 0 Å². The van der Waals surface area contributed by atoms with E-state index in [0.29, 0.717) is 23.7 Å². The highest BCUT2D eigenvalue weighted by molar-refractivity contribution is 7.89. The molecule has 1 aromatic carbocycles. The minimum atomic E-state index is -3.75. The molecule has 2 aromatic rings. The van der Waals surface area contributed by atoms with Crippen molar-refractivity contribution in [1.82, 2.24) is 18.2 Å². The second-order valence-corrected chi connectivity index (χ2v) is 11.9. The summed E-state index contributed by atoms with van der Waals surface area (Å²) in [5.74, 6) is 0.611. The second-order valence-electron chi connectivity index (χ2n) is 8.04. The Morgan fingerprint density at radius 1 is 0.833 bits per heavy atom. The molecule has 0 atom stereocenters. The van der Waals surface area contributed by atoms with E-state index in [9.17, 15) is 16.8 Å². The Labute approximate surface area is 178 Å². The first-order valence-corrected chi connectivity index (χ1v) is 13.2. The quantitative estimate of drug-likeness (QED) is 0.704. The van der Waals surface area contributed by atoms with Crippen molar-refractivity contribution in [1.29, 1.82) is 0 Å². The second kappa shape index (κ2) is 8.07. The SMILES string of the molecule is Cc1nc(S(=O)(=O)N2CCCN(S(=O)(=O)c3ccc4c(c3)CCCC4)CC2)cn1C. The fraction of sp³-hybridized carbons (Fsp3) is 0.550. The van der Waals surface area contributed by atoms with Gasteiger partial charge in [-0.3, -0.25) is 0 Å². The highest BCUT2D eigenvalue weighted by atomic mass is 32.2. The predicted molar refractivity (Wildman–Crippen MR) is 113 cm³/mol. The molecular weight excluding hydrogens is 424 g/mol. The van der Waals surface area contributed by atoms with Crippen molar-refractivity contribution in [3.63, 3.8) is 0 Å². The lowest BCUT2D eigenvalue weighted by atomic mass is 9.92. The molecule has 0 amide bonds. The van der Waals surface area contributed by atoms with Gasteiger partial charge in [0.1, 0.15) is 5.82 Å². The van der Waals surface area contributed by atoms with Crippen LogP contribution < -0.4 is 0 Å². The van der Waals surface area contributed by atoms with Gasteiger partial charge in [0.2, 0.25) is 10.0 Å². The maximum absolute atomic E-state index is 13.2. The number of sulfonamides is 2. The van der Waals surface area contributed by atoms with Crippen molar-refractivity contribution in [2.24, 2.45) is 7.05 Å². The van der Waals surface area contributed by atoms with Crippen molar-refractivity contribution >= 4 is 20.0 Å². The number of aromatic nitrogens is 2. The van der Waals surface area contributed by atoms with Gasteiger partial charge in [0, 0.05) is 39.4 Å². The third kappa shape index (κ3) is 3.93. The Morgan fingerprint density at radius 2 is 1.47 bits per heavy atom. The molecule has 0 bridgehead atoms. The van der Waals surface area contributed by atoms with Gasteiger partial charge in [0.05, 0.1) is 4.90 Å². The third-order valence-electron chi connectivity index (χ3n) is 6.06. The predicted octanol–water partition coefficient (Wildman–Crippen LogP) is 1.69. The van der Waals surface area contributed by atoms with Gasteiger partial charge in [0.15, 0.2) is 5.03 Å². The summed E-state index contributed by atoms with van der Waals surface area (Å²) >= 11 is 0. The van der Waals surface area contributed by atoms with Gasteiger partial charge in [-0.15, -0.1) is 0 Å². The van der Waals surface area contributed by atoms with E-state index >= 15 is 0 Å². The summed E-state index contributed by atoms with van der Waals surface area (Å²) in [4.78, 5) is 4.45. The van der Waals surface area contributed by atoms with Gasteiger partial charge in [-0.05, 0) is 62.3 Å². The van der Waals surface area contributed by atoms with Crippen LogP contribution in [0.15, 0.2) is 34.3 Å². The summed E-state index contributed by atoms with van der Waals surface area (Å²) in [5, 5.41) is 0.00787. The number of rotatable bonds is 4. The Hall–Kier alpha value is -1.75. The summed E-state index contributed by atoms with van der Waals surface area (Å²) in [7, 11) is -5.67. The summed E-state index contributed by atoms with van der Waals surface area (Å²) in [5.41, 5.74) is 2.35. The number of aryl methyl sites for hydroxylation is 4. The van der Waals surface area contributed by atoms with Crippen LogP contribution in [-0.2, 0) is 39.9 Å². The average Bonchev–Trinajstić information content (AvgIpc) is 2.93. The summed E-state index contributed by atoms with van der Waals surface area (Å²) < 4.78 is 56.9. The van der Waals surface area contributed by atoms with E-state index in [1.165, 1.54) is 20.4 Å². The monoisotopic (exact) mass is 452 g/mol. The lowest BCUT2D eigenvalue weighted by molar-refractivity contribution is 0.403. The molecule has 1 saturated heterocycles. The standard InChI is InChI=1S/C20H28N4O4S2/c1-16-21-20(15-22(16)2)30(27,28)24-11-5-10-23(12-13-24)29(25,26)19-9-8-17-6-3-4-7-18(17)14-19/h8-9,14-15H,3-7,10-13H2,1-2H3. The molecule has 0 saturated carbocycles. The Kier molecular flexibility index (Phi) is 5.78. The average molecular weight is 453 g/mol. The third-order valence-corrected chi connectivity index (χ3v) is 9.73. The normalized spacial score (nSPS) is 19.4. The van der Waals surface area contributed by atoms with Crippen LogP contribution in [0.3, 0.4) is 0 Å². The lowest BCUT2D eigenvalue weighted by Crippen LogP contribution is -2.37. The van der Waals surface area contributed by atoms with Gasteiger partial charge < -0.3 is 4.57 Å². The molecule has 1 aliphatic carbocycles. The smallest absolute Gasteiger partial charge is 0.262 e. The topological polar surface area (TPSA) is 92.6 Å². The van der Waals surface area contributed by atoms with Crippen LogP contribution in [0, 0.1) is 6.92 Å². The molecular formula is C20H28N4O4S2. The van der Waals surface area contributed by atoms with Crippen LogP contribution >= 0.6 is 0 Å². The molecule has 0 N–H and O–H groups in total. The van der Waals surface area contributed by atoms with Crippen LogP contribution in [0.2, 0.25) is 0 Å². The first-order chi connectivity index (χ1) is 14.2. The maximum atomic E-state index is 13.2. The number of hydrogen-bond donors (Lipinski definition) is 0. The zero-order chi connectivity index (χ0) is 21.5. The fourth-order valence-corrected chi connectivity index (χ4v) is 7.17. The molecule has 1 aliphatic heterocycles. The Morgan fingerprint density at radius 3 is 2.10 bits per heavy atom. The van der Waals surface area contributed by atoms with Gasteiger partial charge >= 0.3 is 0 Å². The van der Waals surface area contributed by atoms with E-state index in [-0.39, 0.29) is 24.7 Å². The number of benzene rings is 1. The molecule has 2 aliphatic rings. The molecule has 1 aromatic heterocycles. The highest BCUT2D eigenvalue weighted by Gasteiger charge is 2.33. The molecule has 1 fully saturated rings. The van der Waals surface area contributed by atoms with Gasteiger partial charge in [-0.1, -0.05) is 6.07 Å². The largest absolute Gasteiger partial charge is 0.337 e. The Bertz CT molecular complexity index is 1140. The number of hydrogen-bond acceptors (Lipinski definition) is 5. The minimum Gasteiger partial charge on any atom is -0.337 e. The minimum absolute atomic E-state index is 0.00787. The van der Waals surface area contributed by atoms with E-state index < -0.39 is 20.0 Å². The molecule has 10 heteroatoms. The molecule has 164 valence electrons. The fourth-order valence-electron chi connectivity index (χ4n) is 4.15. The molecule has 30 heavy (non-hydrogen) atoms. The summed E-state index contributed by atoms with van der Waals surface area (Å²) in [6.45, 7) is 2.56. The zero-order valence-corrected chi connectivity index (χ0v) is 19.0. The Balaban J connectivity index is 1.54. The van der Waals surface area contributed by atoms with Crippen molar-refractivity contribution in [2.45, 2.75) is 48.9 Å². The molecule has 8 nitrogen and oxygen atoms in total. The van der Waals surface area contributed by atoms with Crippen LogP contribution in [0.25, 0.3) is 0 Å². The molecule has 0 radical (unpaired) electrons. The van der Waals surface area contributed by atoms with Crippen molar-refractivity contribution in [3.05, 3.63) is 41.3 Å². The molecule has 0 unspecified atom stereocenters. The lowest BCUT2D eigenvalue weighted by Gasteiger charge is -2.22. The van der Waals surface area contributed by atoms with Crippen LogP contribution in [0.1, 0.15) is 36.2 Å². The number of fused-ring (bicyclic) bond motifs is 1. The van der Waals surface area contributed by atoms with Crippen LogP contribution in [-0.4, -0.2) is 61.2 Å². The van der Waals surface area contributed by atoms with Crippen molar-refractivity contribution in [2.75, 3.05) is 26.2 Å². The van der Waals surface area contributed by atoms with Crippen LogP contribution in [0.5, 0.6) is 0 Å². The summed E-state index contributed by atoms with van der Waals surface area (Å²) in [6, 6.07) is 5.43. The molecule has 4 rings (SSSR count). The zero-order valence-electron chi connectivity index (χ0n) is 17.4.